The molecule has 2 aromatic heterocycles. The van der Waals surface area contributed by atoms with Crippen LogP contribution >= 0.6 is 0 Å². The first-order valence-electron chi connectivity index (χ1n) is 8.13. The van der Waals surface area contributed by atoms with E-state index in [2.05, 4.69) is 15.2 Å². The smallest absolute Gasteiger partial charge is 0.254 e. The lowest BCUT2D eigenvalue weighted by atomic mass is 9.96. The first-order chi connectivity index (χ1) is 11.1. The summed E-state index contributed by atoms with van der Waals surface area (Å²) in [5.74, 6) is 1.96. The second kappa shape index (κ2) is 6.86. The summed E-state index contributed by atoms with van der Waals surface area (Å²) in [6, 6.07) is 5.90. The van der Waals surface area contributed by atoms with Crippen LogP contribution in [0.4, 0.5) is 5.69 Å². The Balaban J connectivity index is 1.48. The molecule has 122 valence electrons. The number of carbonyl (C=O) groups excluding carboxylic acids is 1. The van der Waals surface area contributed by atoms with E-state index in [-0.39, 0.29) is 5.91 Å². The van der Waals surface area contributed by atoms with Crippen LogP contribution in [0.1, 0.15) is 34.7 Å². The number of hydrogen-bond acceptors (Lipinski definition) is 4. The minimum atomic E-state index is -0.0316. The van der Waals surface area contributed by atoms with Crippen LogP contribution in [-0.4, -0.2) is 30.5 Å². The van der Waals surface area contributed by atoms with Gasteiger partial charge in [0.15, 0.2) is 0 Å². The molecule has 3 heterocycles. The van der Waals surface area contributed by atoms with E-state index in [4.69, 9.17) is 4.42 Å². The molecule has 23 heavy (non-hydrogen) atoms. The number of piperidine rings is 1. The van der Waals surface area contributed by atoms with Crippen molar-refractivity contribution in [1.82, 2.24) is 10.3 Å². The molecule has 3 rings (SSSR count). The zero-order chi connectivity index (χ0) is 16.2. The Hall–Kier alpha value is -2.30. The first kappa shape index (κ1) is 15.6. The van der Waals surface area contributed by atoms with E-state index < -0.39 is 0 Å². The summed E-state index contributed by atoms with van der Waals surface area (Å²) in [5.41, 5.74) is 1.88. The molecule has 0 unspecified atom stereocenters. The first-order valence-corrected chi connectivity index (χ1v) is 8.13. The lowest BCUT2D eigenvalue weighted by Crippen LogP contribution is -2.38. The molecule has 1 fully saturated rings. The molecule has 0 radical (unpaired) electrons. The summed E-state index contributed by atoms with van der Waals surface area (Å²) in [4.78, 5) is 18.7. The summed E-state index contributed by atoms with van der Waals surface area (Å²) in [6.45, 7) is 6.46. The van der Waals surface area contributed by atoms with Gasteiger partial charge in [-0.15, -0.1) is 0 Å². The van der Waals surface area contributed by atoms with Gasteiger partial charge >= 0.3 is 0 Å². The highest BCUT2D eigenvalue weighted by molar-refractivity contribution is 5.95. The highest BCUT2D eigenvalue weighted by Gasteiger charge is 2.21. The lowest BCUT2D eigenvalue weighted by molar-refractivity contribution is 0.0943. The molecule has 0 saturated carbocycles. The Labute approximate surface area is 136 Å². The Morgan fingerprint density at radius 1 is 1.30 bits per heavy atom. The number of nitrogens with one attached hydrogen (secondary N) is 1. The highest BCUT2D eigenvalue weighted by atomic mass is 16.3. The highest BCUT2D eigenvalue weighted by Crippen LogP contribution is 2.22. The molecule has 2 aromatic rings. The Morgan fingerprint density at radius 2 is 2.00 bits per heavy atom. The maximum Gasteiger partial charge on any atom is 0.254 e. The number of rotatable bonds is 4. The van der Waals surface area contributed by atoms with Gasteiger partial charge < -0.3 is 14.6 Å². The van der Waals surface area contributed by atoms with Crippen LogP contribution in [0.15, 0.2) is 35.0 Å². The fraction of sp³-hybridized carbons (Fsp3) is 0.444. The molecule has 1 saturated heterocycles. The molecule has 5 heteroatoms. The van der Waals surface area contributed by atoms with Crippen LogP contribution in [0, 0.1) is 19.8 Å². The van der Waals surface area contributed by atoms with Crippen LogP contribution in [0.5, 0.6) is 0 Å². The van der Waals surface area contributed by atoms with E-state index in [1.807, 2.05) is 38.4 Å². The van der Waals surface area contributed by atoms with Crippen molar-refractivity contribution < 1.29 is 9.21 Å². The average molecular weight is 313 g/mol. The number of amides is 1. The number of anilines is 1. The minimum absolute atomic E-state index is 0.0316. The number of furan rings is 1. The molecular formula is C18H23N3O2. The van der Waals surface area contributed by atoms with Gasteiger partial charge in [-0.2, -0.15) is 0 Å². The van der Waals surface area contributed by atoms with Crippen molar-refractivity contribution in [3.8, 4) is 0 Å². The standard InChI is InChI=1S/C18H23N3O2/c1-13-11-17(14(2)23-13)18(22)20-12-15-5-9-21(10-6-15)16-3-7-19-8-4-16/h3-4,7-8,11,15H,5-6,9-10,12H2,1-2H3,(H,20,22). The van der Waals surface area contributed by atoms with Gasteiger partial charge in [0.1, 0.15) is 11.5 Å². The molecule has 0 atom stereocenters. The molecule has 1 aliphatic heterocycles. The van der Waals surface area contributed by atoms with Gasteiger partial charge in [0.2, 0.25) is 0 Å². The molecular weight excluding hydrogens is 290 g/mol. The number of pyridine rings is 1. The minimum Gasteiger partial charge on any atom is -0.466 e. The van der Waals surface area contributed by atoms with Crippen molar-refractivity contribution in [3.05, 3.63) is 47.7 Å². The second-order valence-corrected chi connectivity index (χ2v) is 6.17. The molecule has 1 N–H and O–H groups in total. The third kappa shape index (κ3) is 3.73. The SMILES string of the molecule is Cc1cc(C(=O)NCC2CCN(c3ccncc3)CC2)c(C)o1. The summed E-state index contributed by atoms with van der Waals surface area (Å²) < 4.78 is 5.42. The van der Waals surface area contributed by atoms with E-state index in [1.165, 1.54) is 5.69 Å². The van der Waals surface area contributed by atoms with Gasteiger partial charge in [0.05, 0.1) is 5.56 Å². The summed E-state index contributed by atoms with van der Waals surface area (Å²) in [6.07, 6.45) is 5.84. The van der Waals surface area contributed by atoms with Crippen LogP contribution < -0.4 is 10.2 Å². The largest absolute Gasteiger partial charge is 0.466 e. The maximum atomic E-state index is 12.2. The molecule has 1 amide bonds. The number of aryl methyl sites for hydroxylation is 2. The van der Waals surface area contributed by atoms with Gasteiger partial charge in [0, 0.05) is 37.7 Å². The summed E-state index contributed by atoms with van der Waals surface area (Å²) in [5, 5.41) is 3.05. The average Bonchev–Trinajstić information content (AvgIpc) is 2.92. The van der Waals surface area contributed by atoms with Gasteiger partial charge in [-0.05, 0) is 50.8 Å². The van der Waals surface area contributed by atoms with Crippen molar-refractivity contribution in [2.24, 2.45) is 5.92 Å². The third-order valence-corrected chi connectivity index (χ3v) is 4.48. The Morgan fingerprint density at radius 3 is 2.61 bits per heavy atom. The zero-order valence-electron chi connectivity index (χ0n) is 13.7. The predicted octanol–water partition coefficient (Wildman–Crippen LogP) is 2.94. The second-order valence-electron chi connectivity index (χ2n) is 6.17. The maximum absolute atomic E-state index is 12.2. The third-order valence-electron chi connectivity index (χ3n) is 4.48. The van der Waals surface area contributed by atoms with Crippen molar-refractivity contribution >= 4 is 11.6 Å². The van der Waals surface area contributed by atoms with Crippen molar-refractivity contribution in [1.29, 1.82) is 0 Å². The van der Waals surface area contributed by atoms with Crippen LogP contribution in [-0.2, 0) is 0 Å². The Kier molecular flexibility index (Phi) is 4.65. The molecule has 1 aliphatic rings. The monoisotopic (exact) mass is 313 g/mol. The normalized spacial score (nSPS) is 15.7. The Bertz CT molecular complexity index is 658. The van der Waals surface area contributed by atoms with Crippen molar-refractivity contribution in [2.45, 2.75) is 26.7 Å². The predicted molar refractivity (Wildman–Crippen MR) is 89.7 cm³/mol. The van der Waals surface area contributed by atoms with Gasteiger partial charge in [0.25, 0.3) is 5.91 Å². The fourth-order valence-corrected chi connectivity index (χ4v) is 3.14. The number of nitrogens with zero attached hydrogens (tertiary/aromatic N) is 2. The van der Waals surface area contributed by atoms with Crippen LogP contribution in [0.2, 0.25) is 0 Å². The quantitative estimate of drug-likeness (QED) is 0.943. The van der Waals surface area contributed by atoms with E-state index in [0.29, 0.717) is 17.2 Å². The molecule has 5 nitrogen and oxygen atoms in total. The zero-order valence-corrected chi connectivity index (χ0v) is 13.7. The van der Waals surface area contributed by atoms with Gasteiger partial charge in [-0.1, -0.05) is 0 Å². The number of aromatic nitrogens is 1. The summed E-state index contributed by atoms with van der Waals surface area (Å²) in [7, 11) is 0. The number of hydrogen-bond donors (Lipinski definition) is 1. The van der Waals surface area contributed by atoms with Crippen LogP contribution in [0.25, 0.3) is 0 Å². The lowest BCUT2D eigenvalue weighted by Gasteiger charge is -2.33. The topological polar surface area (TPSA) is 58.4 Å². The van der Waals surface area contributed by atoms with Gasteiger partial charge in [-0.3, -0.25) is 9.78 Å². The van der Waals surface area contributed by atoms with Crippen molar-refractivity contribution in [2.75, 3.05) is 24.5 Å². The number of carbonyl (C=O) groups is 1. The van der Waals surface area contributed by atoms with Gasteiger partial charge in [-0.25, -0.2) is 0 Å². The van der Waals surface area contributed by atoms with E-state index in [1.54, 1.807) is 6.07 Å². The van der Waals surface area contributed by atoms with Crippen LogP contribution in [0.3, 0.4) is 0 Å². The molecule has 0 aliphatic carbocycles. The van der Waals surface area contributed by atoms with E-state index in [0.717, 1.165) is 38.2 Å². The van der Waals surface area contributed by atoms with Crippen molar-refractivity contribution in [3.63, 3.8) is 0 Å². The summed E-state index contributed by atoms with van der Waals surface area (Å²) >= 11 is 0. The van der Waals surface area contributed by atoms with E-state index in [9.17, 15) is 4.79 Å². The molecule has 0 bridgehead atoms. The molecule has 0 aromatic carbocycles. The van der Waals surface area contributed by atoms with E-state index >= 15 is 0 Å². The molecule has 0 spiro atoms. The fourth-order valence-electron chi connectivity index (χ4n) is 3.14.